The van der Waals surface area contributed by atoms with E-state index in [1.165, 1.54) is 62.5 Å². The fourth-order valence-corrected chi connectivity index (χ4v) is 13.3. The molecule has 5 fully saturated rings. The number of hydrogen-bond acceptors (Lipinski definition) is 2. The molecule has 2 unspecified atom stereocenters. The van der Waals surface area contributed by atoms with E-state index in [1.54, 1.807) is 19.2 Å². The molecule has 6 aliphatic carbocycles. The van der Waals surface area contributed by atoms with E-state index in [2.05, 4.69) is 58.3 Å². The summed E-state index contributed by atoms with van der Waals surface area (Å²) in [5.41, 5.74) is 4.16. The first kappa shape index (κ1) is 30.4. The molecule has 0 radical (unpaired) electrons. The maximum atomic E-state index is 12.9. The van der Waals surface area contributed by atoms with E-state index in [0.29, 0.717) is 34.7 Å². The van der Waals surface area contributed by atoms with E-state index in [1.807, 2.05) is 12.1 Å². The number of nitrogens with one attached hydrogen (secondary N) is 2. The van der Waals surface area contributed by atoms with Gasteiger partial charge in [0, 0.05) is 12.6 Å². The molecule has 44 heavy (non-hydrogen) atoms. The zero-order chi connectivity index (χ0) is 31.5. The molecule has 7 rings (SSSR count). The van der Waals surface area contributed by atoms with Gasteiger partial charge < -0.3 is 15.7 Å². The molecule has 0 saturated heterocycles. The number of aromatic carboxylic acids is 1. The molecule has 0 aliphatic heterocycles. The molecule has 2 amide bonds. The first-order valence-electron chi connectivity index (χ1n) is 17.7. The van der Waals surface area contributed by atoms with E-state index in [4.69, 9.17) is 0 Å². The van der Waals surface area contributed by atoms with Crippen LogP contribution < -0.4 is 10.6 Å². The van der Waals surface area contributed by atoms with E-state index in [-0.39, 0.29) is 33.2 Å². The highest BCUT2D eigenvalue weighted by atomic mass is 16.4. The van der Waals surface area contributed by atoms with E-state index < -0.39 is 5.97 Å². The van der Waals surface area contributed by atoms with E-state index in [9.17, 15) is 14.7 Å². The van der Waals surface area contributed by atoms with Gasteiger partial charge in [-0.05, 0) is 151 Å². The standard InChI is InChI=1S/C39H56N2O3/c1-34(2)26(24-8-10-25(11-9-24)32(42)43)14-17-36(4)29(34)16-18-38(6)30(36)13-12-28-31-27(35(3)20-21-35)15-19-39(31,41-33(44)40-7)23-22-37(28,38)5/h8-11,14,27-31H,12-13,15-23H2,1-7H3,(H,42,43)(H2,40,41,44)/t27-,28-,29+,30?,31?,36+,37-,38-,39+/m1/s1. The Labute approximate surface area is 265 Å². The van der Waals surface area contributed by atoms with Crippen LogP contribution in [0.1, 0.15) is 128 Å². The van der Waals surface area contributed by atoms with Crippen molar-refractivity contribution < 1.29 is 14.7 Å². The summed E-state index contributed by atoms with van der Waals surface area (Å²) in [6.45, 7) is 15.5. The predicted molar refractivity (Wildman–Crippen MR) is 176 cm³/mol. The summed E-state index contributed by atoms with van der Waals surface area (Å²) in [6.07, 6.45) is 16.2. The molecule has 9 atom stereocenters. The maximum absolute atomic E-state index is 12.9. The Morgan fingerprint density at radius 1 is 0.773 bits per heavy atom. The average Bonchev–Trinajstić information content (AvgIpc) is 3.60. The fourth-order valence-electron chi connectivity index (χ4n) is 13.3. The molecule has 5 saturated carbocycles. The first-order valence-corrected chi connectivity index (χ1v) is 17.7. The smallest absolute Gasteiger partial charge is 0.335 e. The summed E-state index contributed by atoms with van der Waals surface area (Å²) in [7, 11) is 1.77. The van der Waals surface area contributed by atoms with Crippen molar-refractivity contribution in [2.45, 2.75) is 118 Å². The summed E-state index contributed by atoms with van der Waals surface area (Å²) in [4.78, 5) is 24.4. The van der Waals surface area contributed by atoms with Crippen LogP contribution in [0.3, 0.4) is 0 Å². The third kappa shape index (κ3) is 3.95. The monoisotopic (exact) mass is 600 g/mol. The van der Waals surface area contributed by atoms with Gasteiger partial charge in [-0.25, -0.2) is 9.59 Å². The van der Waals surface area contributed by atoms with Gasteiger partial charge in [-0.2, -0.15) is 0 Å². The SMILES string of the molecule is CNC(=O)N[C@]12CC[C@@H](C3(C)CC3)C1[C@H]1CCC3[C@@]4(C)CC=C(c5ccc(C(=O)O)cc5)C(C)(C)[C@@H]4CC[C@@]3(C)[C@]1(C)CC2. The molecule has 1 aromatic carbocycles. The molecule has 1 aromatic rings. The van der Waals surface area contributed by atoms with Gasteiger partial charge in [0.1, 0.15) is 0 Å². The van der Waals surface area contributed by atoms with Crippen molar-refractivity contribution in [3.63, 3.8) is 0 Å². The molecule has 6 aliphatic rings. The minimum atomic E-state index is -0.865. The molecular weight excluding hydrogens is 544 g/mol. The summed E-state index contributed by atoms with van der Waals surface area (Å²) < 4.78 is 0. The number of urea groups is 1. The van der Waals surface area contributed by atoms with Crippen LogP contribution in [0, 0.1) is 56.7 Å². The lowest BCUT2D eigenvalue weighted by Gasteiger charge is -2.72. The number of carboxylic acids is 1. The Balaban J connectivity index is 1.23. The second-order valence-corrected chi connectivity index (χ2v) is 17.8. The number of benzene rings is 1. The number of carbonyl (C=O) groups is 2. The topological polar surface area (TPSA) is 78.4 Å². The van der Waals surface area contributed by atoms with Crippen LogP contribution >= 0.6 is 0 Å². The van der Waals surface area contributed by atoms with Crippen LogP contribution in [-0.2, 0) is 0 Å². The highest BCUT2D eigenvalue weighted by Crippen LogP contribution is 2.78. The molecule has 0 aromatic heterocycles. The minimum Gasteiger partial charge on any atom is -0.478 e. The molecule has 240 valence electrons. The summed E-state index contributed by atoms with van der Waals surface area (Å²) in [5.74, 6) is 2.37. The Bertz CT molecular complexity index is 1390. The second kappa shape index (κ2) is 9.61. The lowest BCUT2D eigenvalue weighted by Crippen LogP contribution is -2.68. The Morgan fingerprint density at radius 3 is 2.11 bits per heavy atom. The second-order valence-electron chi connectivity index (χ2n) is 17.8. The molecule has 0 heterocycles. The number of amides is 2. The van der Waals surface area contributed by atoms with Crippen molar-refractivity contribution >= 4 is 17.6 Å². The zero-order valence-corrected chi connectivity index (χ0v) is 28.3. The van der Waals surface area contributed by atoms with Gasteiger partial charge in [0.15, 0.2) is 0 Å². The van der Waals surface area contributed by atoms with Gasteiger partial charge in [-0.15, -0.1) is 0 Å². The predicted octanol–water partition coefficient (Wildman–Crippen LogP) is 8.94. The van der Waals surface area contributed by atoms with E-state index >= 15 is 0 Å². The van der Waals surface area contributed by atoms with E-state index in [0.717, 1.165) is 25.2 Å². The van der Waals surface area contributed by atoms with Crippen molar-refractivity contribution in [2.75, 3.05) is 7.05 Å². The third-order valence-electron chi connectivity index (χ3n) is 16.0. The number of carboxylic acid groups (broad SMARTS) is 1. The Hall–Kier alpha value is -2.30. The van der Waals surface area contributed by atoms with Gasteiger partial charge in [-0.1, -0.05) is 59.8 Å². The van der Waals surface area contributed by atoms with Gasteiger partial charge >= 0.3 is 12.0 Å². The van der Waals surface area contributed by atoms with Crippen LogP contribution in [0.2, 0.25) is 0 Å². The Morgan fingerprint density at radius 2 is 1.48 bits per heavy atom. The van der Waals surface area contributed by atoms with Crippen molar-refractivity contribution in [3.8, 4) is 0 Å². The quantitative estimate of drug-likeness (QED) is 0.323. The number of allylic oxidation sites excluding steroid dienone is 2. The number of carbonyl (C=O) groups excluding carboxylic acids is 1. The van der Waals surface area contributed by atoms with Crippen LogP contribution in [0.4, 0.5) is 4.79 Å². The van der Waals surface area contributed by atoms with Crippen molar-refractivity contribution in [1.82, 2.24) is 10.6 Å². The lowest BCUT2D eigenvalue weighted by atomic mass is 9.32. The lowest BCUT2D eigenvalue weighted by molar-refractivity contribution is -0.221. The minimum absolute atomic E-state index is 0.0118. The fraction of sp³-hybridized carbons (Fsp3) is 0.744. The van der Waals surface area contributed by atoms with Gasteiger partial charge in [0.05, 0.1) is 5.56 Å². The summed E-state index contributed by atoms with van der Waals surface area (Å²) >= 11 is 0. The van der Waals surface area contributed by atoms with Crippen molar-refractivity contribution in [2.24, 2.45) is 56.7 Å². The van der Waals surface area contributed by atoms with Gasteiger partial charge in [-0.3, -0.25) is 0 Å². The van der Waals surface area contributed by atoms with Crippen LogP contribution in [0.15, 0.2) is 30.3 Å². The summed E-state index contributed by atoms with van der Waals surface area (Å²) in [5, 5.41) is 16.0. The maximum Gasteiger partial charge on any atom is 0.335 e. The van der Waals surface area contributed by atoms with Crippen LogP contribution in [0.5, 0.6) is 0 Å². The van der Waals surface area contributed by atoms with Gasteiger partial charge in [0.25, 0.3) is 0 Å². The normalized spacial score (nSPS) is 44.6. The molecule has 0 spiro atoms. The largest absolute Gasteiger partial charge is 0.478 e. The third-order valence-corrected chi connectivity index (χ3v) is 16.0. The first-order chi connectivity index (χ1) is 20.7. The van der Waals surface area contributed by atoms with Gasteiger partial charge in [0.2, 0.25) is 0 Å². The summed E-state index contributed by atoms with van der Waals surface area (Å²) in [6, 6.07) is 7.60. The molecule has 5 heteroatoms. The number of rotatable bonds is 4. The molecule has 0 bridgehead atoms. The molecule has 5 nitrogen and oxygen atoms in total. The van der Waals surface area contributed by atoms with Crippen molar-refractivity contribution in [3.05, 3.63) is 41.5 Å². The average molecular weight is 601 g/mol. The van der Waals surface area contributed by atoms with Crippen LogP contribution in [-0.4, -0.2) is 29.7 Å². The highest BCUT2D eigenvalue weighted by molar-refractivity contribution is 5.88. The van der Waals surface area contributed by atoms with Crippen LogP contribution in [0.25, 0.3) is 5.57 Å². The number of hydrogen-bond donors (Lipinski definition) is 3. The highest BCUT2D eigenvalue weighted by Gasteiger charge is 2.72. The van der Waals surface area contributed by atoms with Crippen molar-refractivity contribution in [1.29, 1.82) is 0 Å². The zero-order valence-electron chi connectivity index (χ0n) is 28.3. The molecular formula is C39H56N2O3. The molecule has 3 N–H and O–H groups in total. The number of fused-ring (bicyclic) bond motifs is 7. The Kier molecular flexibility index (Phi) is 6.63.